The Hall–Kier alpha value is -2.16. The summed E-state index contributed by atoms with van der Waals surface area (Å²) in [6.45, 7) is 0.966. The fraction of sp³-hybridized carbons (Fsp3) is 0.636. The summed E-state index contributed by atoms with van der Waals surface area (Å²) >= 11 is 0. The van der Waals surface area contributed by atoms with Gasteiger partial charge >= 0.3 is 5.97 Å². The maximum atomic E-state index is 11.6. The number of amides is 2. The van der Waals surface area contributed by atoms with Crippen LogP contribution in [-0.2, 0) is 24.0 Å². The topological polar surface area (TPSA) is 126 Å². The standard InChI is InChI=1S/C11H17N3O6/c1-19-5-4-12-9(15)2-3-13-10(16)8-6-7(11(17)18)14-20-8/h8H,2-6H2,1H3,(H,12,15)(H,13,16)(H,17,18). The van der Waals surface area contributed by atoms with Gasteiger partial charge in [0.05, 0.1) is 6.61 Å². The van der Waals surface area contributed by atoms with Gasteiger partial charge in [0, 0.05) is 33.0 Å². The number of carbonyl (C=O) groups is 3. The normalized spacial score (nSPS) is 17.1. The van der Waals surface area contributed by atoms with Crippen molar-refractivity contribution in [2.24, 2.45) is 5.16 Å². The van der Waals surface area contributed by atoms with Crippen LogP contribution in [0.25, 0.3) is 0 Å². The number of rotatable bonds is 8. The summed E-state index contributed by atoms with van der Waals surface area (Å²) in [5.41, 5.74) is -0.192. The molecular weight excluding hydrogens is 270 g/mol. The molecule has 0 radical (unpaired) electrons. The van der Waals surface area contributed by atoms with Gasteiger partial charge in [-0.2, -0.15) is 0 Å². The van der Waals surface area contributed by atoms with E-state index >= 15 is 0 Å². The smallest absolute Gasteiger partial charge is 0.353 e. The quantitative estimate of drug-likeness (QED) is 0.466. The van der Waals surface area contributed by atoms with Crippen molar-refractivity contribution in [1.82, 2.24) is 10.6 Å². The van der Waals surface area contributed by atoms with Crippen LogP contribution in [0.4, 0.5) is 0 Å². The lowest BCUT2D eigenvalue weighted by molar-refractivity contribution is -0.131. The highest BCUT2D eigenvalue weighted by Crippen LogP contribution is 2.10. The zero-order valence-electron chi connectivity index (χ0n) is 11.0. The molecule has 1 atom stereocenters. The molecule has 0 aromatic rings. The van der Waals surface area contributed by atoms with E-state index in [1.54, 1.807) is 0 Å². The van der Waals surface area contributed by atoms with Crippen molar-refractivity contribution >= 4 is 23.5 Å². The molecule has 2 amide bonds. The Morgan fingerprint density at radius 1 is 1.40 bits per heavy atom. The van der Waals surface area contributed by atoms with Crippen LogP contribution in [0.1, 0.15) is 12.8 Å². The summed E-state index contributed by atoms with van der Waals surface area (Å²) < 4.78 is 4.77. The molecule has 1 aliphatic heterocycles. The number of nitrogens with zero attached hydrogens (tertiary/aromatic N) is 1. The van der Waals surface area contributed by atoms with E-state index in [4.69, 9.17) is 14.7 Å². The third-order valence-corrected chi connectivity index (χ3v) is 2.49. The molecule has 1 heterocycles. The molecule has 1 rings (SSSR count). The summed E-state index contributed by atoms with van der Waals surface area (Å²) in [6.07, 6.45) is -0.909. The lowest BCUT2D eigenvalue weighted by Crippen LogP contribution is -2.38. The molecule has 9 nitrogen and oxygen atoms in total. The van der Waals surface area contributed by atoms with Gasteiger partial charge in [-0.1, -0.05) is 5.16 Å². The SMILES string of the molecule is COCCNC(=O)CCNC(=O)C1CC(C(=O)O)=NO1. The van der Waals surface area contributed by atoms with Crippen molar-refractivity contribution in [1.29, 1.82) is 0 Å². The van der Waals surface area contributed by atoms with Gasteiger partial charge in [-0.05, 0) is 0 Å². The van der Waals surface area contributed by atoms with Crippen LogP contribution < -0.4 is 10.6 Å². The second-order valence-electron chi connectivity index (χ2n) is 4.03. The molecule has 0 aliphatic carbocycles. The van der Waals surface area contributed by atoms with E-state index in [1.807, 2.05) is 0 Å². The molecule has 3 N–H and O–H groups in total. The lowest BCUT2D eigenvalue weighted by atomic mass is 10.1. The third-order valence-electron chi connectivity index (χ3n) is 2.49. The van der Waals surface area contributed by atoms with Crippen molar-refractivity contribution in [2.75, 3.05) is 26.8 Å². The summed E-state index contributed by atoms with van der Waals surface area (Å²) in [5, 5.41) is 17.0. The van der Waals surface area contributed by atoms with Gasteiger partial charge in [-0.15, -0.1) is 0 Å². The van der Waals surface area contributed by atoms with E-state index in [-0.39, 0.29) is 31.0 Å². The number of ether oxygens (including phenoxy) is 1. The van der Waals surface area contributed by atoms with E-state index in [0.717, 1.165) is 0 Å². The first-order valence-corrected chi connectivity index (χ1v) is 6.04. The predicted octanol–water partition coefficient (Wildman–Crippen LogP) is -1.52. The fourth-order valence-corrected chi connectivity index (χ4v) is 1.44. The van der Waals surface area contributed by atoms with Crippen molar-refractivity contribution in [3.63, 3.8) is 0 Å². The molecule has 1 unspecified atom stereocenters. The number of carbonyl (C=O) groups excluding carboxylic acids is 2. The Balaban J connectivity index is 2.15. The first kappa shape index (κ1) is 15.9. The molecule has 0 spiro atoms. The molecule has 0 aromatic carbocycles. The lowest BCUT2D eigenvalue weighted by Gasteiger charge is -2.09. The van der Waals surface area contributed by atoms with Crippen LogP contribution in [-0.4, -0.2) is 61.5 Å². The van der Waals surface area contributed by atoms with Crippen molar-refractivity contribution in [3.8, 4) is 0 Å². The summed E-state index contributed by atoms with van der Waals surface area (Å²) in [5.74, 6) is -1.91. The molecule has 20 heavy (non-hydrogen) atoms. The van der Waals surface area contributed by atoms with Gasteiger partial charge in [0.2, 0.25) is 12.0 Å². The number of carboxylic acid groups (broad SMARTS) is 1. The molecule has 0 saturated heterocycles. The van der Waals surface area contributed by atoms with E-state index < -0.39 is 18.0 Å². The summed E-state index contributed by atoms with van der Waals surface area (Å²) in [6, 6.07) is 0. The van der Waals surface area contributed by atoms with Gasteiger partial charge in [0.25, 0.3) is 5.91 Å². The third kappa shape index (κ3) is 5.22. The fourth-order valence-electron chi connectivity index (χ4n) is 1.44. The maximum Gasteiger partial charge on any atom is 0.353 e. The Labute approximate surface area is 115 Å². The highest BCUT2D eigenvalue weighted by molar-refractivity contribution is 6.36. The van der Waals surface area contributed by atoms with Crippen molar-refractivity contribution < 1.29 is 29.1 Å². The molecular formula is C11H17N3O6. The summed E-state index contributed by atoms with van der Waals surface area (Å²) in [4.78, 5) is 38.2. The molecule has 0 aromatic heterocycles. The van der Waals surface area contributed by atoms with Crippen LogP contribution in [0.3, 0.4) is 0 Å². The second-order valence-corrected chi connectivity index (χ2v) is 4.03. The first-order valence-electron chi connectivity index (χ1n) is 6.04. The Bertz CT molecular complexity index is 409. The van der Waals surface area contributed by atoms with E-state index in [2.05, 4.69) is 15.8 Å². The molecule has 1 aliphatic rings. The van der Waals surface area contributed by atoms with Gasteiger partial charge in [-0.3, -0.25) is 9.59 Å². The maximum absolute atomic E-state index is 11.6. The average Bonchev–Trinajstić information content (AvgIpc) is 2.88. The average molecular weight is 287 g/mol. The molecule has 0 bridgehead atoms. The van der Waals surface area contributed by atoms with Crippen LogP contribution in [0.2, 0.25) is 0 Å². The van der Waals surface area contributed by atoms with E-state index in [9.17, 15) is 14.4 Å². The highest BCUT2D eigenvalue weighted by Gasteiger charge is 2.31. The second kappa shape index (κ2) is 8.10. The Morgan fingerprint density at radius 2 is 2.15 bits per heavy atom. The van der Waals surface area contributed by atoms with Gasteiger partial charge in [-0.25, -0.2) is 4.79 Å². The number of methoxy groups -OCH3 is 1. The molecule has 112 valence electrons. The van der Waals surface area contributed by atoms with Gasteiger partial charge in [0.1, 0.15) is 0 Å². The van der Waals surface area contributed by atoms with E-state index in [1.165, 1.54) is 7.11 Å². The minimum Gasteiger partial charge on any atom is -0.477 e. The zero-order chi connectivity index (χ0) is 15.0. The number of aliphatic carboxylic acids is 1. The molecule has 0 fully saturated rings. The zero-order valence-corrected chi connectivity index (χ0v) is 11.0. The Morgan fingerprint density at radius 3 is 2.75 bits per heavy atom. The van der Waals surface area contributed by atoms with Crippen LogP contribution >= 0.6 is 0 Å². The number of oxime groups is 1. The largest absolute Gasteiger partial charge is 0.477 e. The molecule has 0 saturated carbocycles. The van der Waals surface area contributed by atoms with Gasteiger partial charge in [0.15, 0.2) is 5.71 Å². The highest BCUT2D eigenvalue weighted by atomic mass is 16.6. The van der Waals surface area contributed by atoms with Crippen LogP contribution in [0, 0.1) is 0 Å². The minimum atomic E-state index is -1.21. The number of carboxylic acids is 1. The summed E-state index contributed by atoms with van der Waals surface area (Å²) in [7, 11) is 1.53. The number of nitrogens with one attached hydrogen (secondary N) is 2. The van der Waals surface area contributed by atoms with E-state index in [0.29, 0.717) is 13.2 Å². The first-order chi connectivity index (χ1) is 9.54. The Kier molecular flexibility index (Phi) is 6.44. The van der Waals surface area contributed by atoms with Crippen molar-refractivity contribution in [3.05, 3.63) is 0 Å². The van der Waals surface area contributed by atoms with Gasteiger partial charge < -0.3 is 25.3 Å². The van der Waals surface area contributed by atoms with Crippen molar-refractivity contribution in [2.45, 2.75) is 18.9 Å². The predicted molar refractivity (Wildman–Crippen MR) is 67.1 cm³/mol. The number of hydrogen-bond acceptors (Lipinski definition) is 6. The van der Waals surface area contributed by atoms with Crippen LogP contribution in [0.15, 0.2) is 5.16 Å². The minimum absolute atomic E-state index is 0.0821. The molecule has 9 heteroatoms. The number of hydrogen-bond donors (Lipinski definition) is 3. The monoisotopic (exact) mass is 287 g/mol. The van der Waals surface area contributed by atoms with Crippen LogP contribution in [0.5, 0.6) is 0 Å².